The van der Waals surface area contributed by atoms with Gasteiger partial charge in [-0.15, -0.1) is 0 Å². The third-order valence-corrected chi connectivity index (χ3v) is 10.3. The summed E-state index contributed by atoms with van der Waals surface area (Å²) >= 11 is 0. The Kier molecular flexibility index (Phi) is 38.4. The van der Waals surface area contributed by atoms with Crippen LogP contribution in [0, 0.1) is 0 Å². The molecule has 0 aliphatic heterocycles. The first kappa shape index (κ1) is 54.0. The normalized spacial score (nSPS) is 12.9. The molecule has 0 fully saturated rings. The van der Waals surface area contributed by atoms with Crippen molar-refractivity contribution in [1.82, 2.24) is 0 Å². The van der Waals surface area contributed by atoms with E-state index in [4.69, 9.17) is 18.9 Å². The second kappa shape index (κ2) is 39.8. The molecule has 56 heavy (non-hydrogen) atoms. The average molecular weight is 797 g/mol. The SMILES string of the molecule is CCCCC/C=C\CCCCCCCC(=O)OC(COC(=O)CCCCCCCCCCCCCCCCCCCCC)COC(OCC[N+](C)(C)C)C(=O)O. The number of carboxylic acid groups (broad SMARTS) is 1. The summed E-state index contributed by atoms with van der Waals surface area (Å²) < 4.78 is 22.7. The van der Waals surface area contributed by atoms with Crippen molar-refractivity contribution in [3.63, 3.8) is 0 Å². The molecule has 2 unspecified atom stereocenters. The predicted octanol–water partition coefficient (Wildman–Crippen LogP) is 12.3. The van der Waals surface area contributed by atoms with Crippen LogP contribution in [0.1, 0.15) is 213 Å². The second-order valence-corrected chi connectivity index (χ2v) is 17.1. The van der Waals surface area contributed by atoms with Crippen molar-refractivity contribution in [1.29, 1.82) is 0 Å². The number of hydrogen-bond acceptors (Lipinski definition) is 7. The van der Waals surface area contributed by atoms with Gasteiger partial charge in [0.15, 0.2) is 6.10 Å². The fourth-order valence-corrected chi connectivity index (χ4v) is 6.60. The smallest absolute Gasteiger partial charge is 0.361 e. The number of carbonyl (C=O) groups is 3. The molecular weight excluding hydrogens is 707 g/mol. The van der Waals surface area contributed by atoms with E-state index in [1.54, 1.807) is 0 Å². The average Bonchev–Trinajstić information content (AvgIpc) is 3.15. The molecule has 0 spiro atoms. The number of quaternary nitrogens is 1. The zero-order chi connectivity index (χ0) is 41.4. The van der Waals surface area contributed by atoms with Gasteiger partial charge in [0.05, 0.1) is 34.4 Å². The van der Waals surface area contributed by atoms with Crippen LogP contribution < -0.4 is 0 Å². The third-order valence-electron chi connectivity index (χ3n) is 10.3. The Labute approximate surface area is 345 Å². The number of unbranched alkanes of at least 4 members (excludes halogenated alkanes) is 26. The summed E-state index contributed by atoms with van der Waals surface area (Å²) in [7, 11) is 5.96. The van der Waals surface area contributed by atoms with Crippen LogP contribution in [-0.4, -0.2) is 87.4 Å². The number of nitrogens with zero attached hydrogens (tertiary/aromatic N) is 1. The first-order valence-electron chi connectivity index (χ1n) is 23.4. The van der Waals surface area contributed by atoms with E-state index >= 15 is 0 Å². The van der Waals surface area contributed by atoms with Crippen LogP contribution in [-0.2, 0) is 33.3 Å². The molecule has 0 aromatic heterocycles. The lowest BCUT2D eigenvalue weighted by molar-refractivity contribution is -0.870. The quantitative estimate of drug-likeness (QED) is 0.0214. The monoisotopic (exact) mass is 797 g/mol. The van der Waals surface area contributed by atoms with Gasteiger partial charge in [0, 0.05) is 12.8 Å². The van der Waals surface area contributed by atoms with Crippen molar-refractivity contribution in [2.75, 3.05) is 47.5 Å². The van der Waals surface area contributed by atoms with Gasteiger partial charge in [0.1, 0.15) is 13.2 Å². The Morgan fingerprint density at radius 3 is 1.36 bits per heavy atom. The molecule has 9 nitrogen and oxygen atoms in total. The lowest BCUT2D eigenvalue weighted by Gasteiger charge is -2.25. The summed E-state index contributed by atoms with van der Waals surface area (Å²) in [5.74, 6) is -2.01. The van der Waals surface area contributed by atoms with Crippen molar-refractivity contribution in [3.8, 4) is 0 Å². The van der Waals surface area contributed by atoms with E-state index < -0.39 is 24.3 Å². The standard InChI is InChI=1S/C47H89NO8/c1-6-8-10-12-14-16-18-20-21-22-23-24-25-26-28-29-31-33-35-37-44(49)54-41-43(42-55-47(46(51)52)53-40-39-48(3,4)5)56-45(50)38-36-34-32-30-27-19-17-15-13-11-9-7-2/h15,17,43,47H,6-14,16,18-42H2,1-5H3/p+1/b17-15-. The van der Waals surface area contributed by atoms with Crippen molar-refractivity contribution in [2.45, 2.75) is 225 Å². The highest BCUT2D eigenvalue weighted by atomic mass is 16.7. The van der Waals surface area contributed by atoms with E-state index in [0.717, 1.165) is 51.4 Å². The molecule has 0 saturated heterocycles. The molecule has 0 aromatic rings. The highest BCUT2D eigenvalue weighted by Gasteiger charge is 2.25. The summed E-state index contributed by atoms with van der Waals surface area (Å²) in [5, 5.41) is 9.63. The van der Waals surface area contributed by atoms with Crippen LogP contribution in [0.25, 0.3) is 0 Å². The molecule has 330 valence electrons. The minimum absolute atomic E-state index is 0.180. The highest BCUT2D eigenvalue weighted by molar-refractivity contribution is 5.71. The molecule has 0 aliphatic carbocycles. The Bertz CT molecular complexity index is 934. The van der Waals surface area contributed by atoms with Crippen molar-refractivity contribution in [3.05, 3.63) is 12.2 Å². The van der Waals surface area contributed by atoms with Gasteiger partial charge in [-0.1, -0.05) is 174 Å². The second-order valence-electron chi connectivity index (χ2n) is 17.1. The van der Waals surface area contributed by atoms with Gasteiger partial charge >= 0.3 is 17.9 Å². The Hall–Kier alpha value is -1.97. The molecule has 9 heteroatoms. The van der Waals surface area contributed by atoms with E-state index in [2.05, 4.69) is 26.0 Å². The first-order valence-corrected chi connectivity index (χ1v) is 23.4. The molecule has 0 aromatic carbocycles. The molecule has 0 aliphatic rings. The minimum atomic E-state index is -1.51. The van der Waals surface area contributed by atoms with Crippen LogP contribution in [0.4, 0.5) is 0 Å². The lowest BCUT2D eigenvalue weighted by atomic mass is 10.0. The largest absolute Gasteiger partial charge is 0.477 e. The third kappa shape index (κ3) is 40.2. The maximum absolute atomic E-state index is 12.7. The molecule has 0 bridgehead atoms. The highest BCUT2D eigenvalue weighted by Crippen LogP contribution is 2.16. The maximum atomic E-state index is 12.7. The Morgan fingerprint density at radius 1 is 0.518 bits per heavy atom. The molecule has 0 heterocycles. The number of carboxylic acids is 1. The number of hydrogen-bond donors (Lipinski definition) is 1. The van der Waals surface area contributed by atoms with Crippen LogP contribution in [0.3, 0.4) is 0 Å². The first-order chi connectivity index (χ1) is 27.1. The van der Waals surface area contributed by atoms with E-state index in [1.165, 1.54) is 128 Å². The number of esters is 2. The van der Waals surface area contributed by atoms with E-state index in [0.29, 0.717) is 23.9 Å². The minimum Gasteiger partial charge on any atom is -0.477 e. The van der Waals surface area contributed by atoms with Crippen LogP contribution in [0.2, 0.25) is 0 Å². The summed E-state index contributed by atoms with van der Waals surface area (Å²) in [6.45, 7) is 4.86. The fraction of sp³-hybridized carbons (Fsp3) is 0.894. The van der Waals surface area contributed by atoms with E-state index in [1.807, 2.05) is 21.1 Å². The van der Waals surface area contributed by atoms with Gasteiger partial charge in [-0.3, -0.25) is 9.59 Å². The topological polar surface area (TPSA) is 108 Å². The van der Waals surface area contributed by atoms with Gasteiger partial charge in [-0.05, 0) is 38.5 Å². The Balaban J connectivity index is 4.33. The number of ether oxygens (including phenoxy) is 4. The number of aliphatic carboxylic acids is 1. The molecule has 0 saturated carbocycles. The molecule has 1 N–H and O–H groups in total. The van der Waals surface area contributed by atoms with E-state index in [-0.39, 0.29) is 32.2 Å². The van der Waals surface area contributed by atoms with Crippen molar-refractivity contribution >= 4 is 17.9 Å². The Morgan fingerprint density at radius 2 is 0.911 bits per heavy atom. The maximum Gasteiger partial charge on any atom is 0.361 e. The predicted molar refractivity (Wildman–Crippen MR) is 231 cm³/mol. The van der Waals surface area contributed by atoms with Crippen LogP contribution >= 0.6 is 0 Å². The van der Waals surface area contributed by atoms with Gasteiger partial charge < -0.3 is 28.5 Å². The van der Waals surface area contributed by atoms with Gasteiger partial charge in [0.25, 0.3) is 6.29 Å². The van der Waals surface area contributed by atoms with Crippen LogP contribution in [0.5, 0.6) is 0 Å². The number of carbonyl (C=O) groups excluding carboxylic acids is 2. The number of rotatable bonds is 43. The van der Waals surface area contributed by atoms with Crippen molar-refractivity contribution in [2.24, 2.45) is 0 Å². The number of likely N-dealkylation sites (N-methyl/N-ethyl adjacent to an activating group) is 1. The molecule has 2 atom stereocenters. The summed E-state index contributed by atoms with van der Waals surface area (Å²) in [6, 6.07) is 0. The summed E-state index contributed by atoms with van der Waals surface area (Å²) in [5.41, 5.74) is 0. The van der Waals surface area contributed by atoms with E-state index in [9.17, 15) is 19.5 Å². The molecule has 0 radical (unpaired) electrons. The molecule has 0 rings (SSSR count). The zero-order valence-corrected chi connectivity index (χ0v) is 37.3. The lowest BCUT2D eigenvalue weighted by Crippen LogP contribution is -2.40. The number of allylic oxidation sites excluding steroid dienone is 2. The van der Waals surface area contributed by atoms with Gasteiger partial charge in [-0.25, -0.2) is 4.79 Å². The molecular formula is C47H90NO8+. The van der Waals surface area contributed by atoms with Crippen LogP contribution in [0.15, 0.2) is 12.2 Å². The summed E-state index contributed by atoms with van der Waals surface area (Å²) in [4.78, 5) is 37.1. The zero-order valence-electron chi connectivity index (χ0n) is 37.3. The van der Waals surface area contributed by atoms with Gasteiger partial charge in [-0.2, -0.15) is 0 Å². The molecule has 0 amide bonds. The fourth-order valence-electron chi connectivity index (χ4n) is 6.60. The van der Waals surface area contributed by atoms with Crippen molar-refractivity contribution < 1.29 is 42.9 Å². The van der Waals surface area contributed by atoms with Gasteiger partial charge in [0.2, 0.25) is 0 Å². The summed E-state index contributed by atoms with van der Waals surface area (Å²) in [6.07, 6.45) is 38.4.